The molecule has 0 radical (unpaired) electrons. The number of nitrogens with one attached hydrogen (secondary N) is 2. The highest BCUT2D eigenvalue weighted by Crippen LogP contribution is 2.42. The van der Waals surface area contributed by atoms with E-state index in [1.807, 2.05) is 20.9 Å². The van der Waals surface area contributed by atoms with E-state index in [2.05, 4.69) is 34.6 Å². The van der Waals surface area contributed by atoms with Gasteiger partial charge in [0.05, 0.1) is 5.69 Å². The van der Waals surface area contributed by atoms with Gasteiger partial charge in [-0.3, -0.25) is 4.99 Å². The van der Waals surface area contributed by atoms with Crippen LogP contribution in [0.2, 0.25) is 0 Å². The second-order valence-electron chi connectivity index (χ2n) is 6.65. The molecule has 0 bridgehead atoms. The molecule has 1 aromatic rings. The van der Waals surface area contributed by atoms with E-state index >= 15 is 0 Å². The Morgan fingerprint density at radius 2 is 2.09 bits per heavy atom. The van der Waals surface area contributed by atoms with Gasteiger partial charge in [-0.05, 0) is 38.5 Å². The summed E-state index contributed by atoms with van der Waals surface area (Å²) in [6.45, 7) is 10.3. The molecule has 0 spiro atoms. The molecule has 1 aliphatic carbocycles. The minimum absolute atomic E-state index is 0.341. The Balaban J connectivity index is 1.84. The minimum atomic E-state index is 0.341. The van der Waals surface area contributed by atoms with E-state index in [1.54, 1.807) is 0 Å². The molecule has 1 aliphatic rings. The van der Waals surface area contributed by atoms with E-state index in [4.69, 9.17) is 4.52 Å². The van der Waals surface area contributed by atoms with Crippen molar-refractivity contribution in [1.29, 1.82) is 0 Å². The zero-order chi connectivity index (χ0) is 16.2. The van der Waals surface area contributed by atoms with E-state index in [-0.39, 0.29) is 0 Å². The summed E-state index contributed by atoms with van der Waals surface area (Å²) in [5.74, 6) is 2.14. The summed E-state index contributed by atoms with van der Waals surface area (Å²) < 4.78 is 5.25. The van der Waals surface area contributed by atoms with Crippen LogP contribution in [-0.2, 0) is 0 Å². The summed E-state index contributed by atoms with van der Waals surface area (Å²) in [5.41, 5.74) is 2.67. The number of rotatable bonds is 6. The van der Waals surface area contributed by atoms with Crippen molar-refractivity contribution in [3.63, 3.8) is 0 Å². The first-order valence-corrected chi connectivity index (χ1v) is 8.38. The quantitative estimate of drug-likeness (QED) is 0.626. The second-order valence-corrected chi connectivity index (χ2v) is 6.65. The van der Waals surface area contributed by atoms with Crippen molar-refractivity contribution in [2.24, 2.45) is 10.4 Å². The fraction of sp³-hybridized carbons (Fsp3) is 0.765. The molecule has 1 heterocycles. The number of aliphatic imine (C=N–C) groups is 1. The van der Waals surface area contributed by atoms with Gasteiger partial charge in [0, 0.05) is 31.6 Å². The van der Waals surface area contributed by atoms with Crippen LogP contribution >= 0.6 is 0 Å². The Labute approximate surface area is 133 Å². The van der Waals surface area contributed by atoms with E-state index in [9.17, 15) is 0 Å². The fourth-order valence-electron chi connectivity index (χ4n) is 3.37. The van der Waals surface area contributed by atoms with Crippen LogP contribution in [0.3, 0.4) is 0 Å². The maximum Gasteiger partial charge on any atom is 0.191 e. The molecule has 0 amide bonds. The van der Waals surface area contributed by atoms with Crippen LogP contribution in [0.1, 0.15) is 62.5 Å². The summed E-state index contributed by atoms with van der Waals surface area (Å²) in [7, 11) is 1.83. The summed E-state index contributed by atoms with van der Waals surface area (Å²) >= 11 is 0. The first-order chi connectivity index (χ1) is 10.5. The van der Waals surface area contributed by atoms with Gasteiger partial charge in [0.1, 0.15) is 5.76 Å². The van der Waals surface area contributed by atoms with Crippen LogP contribution in [0, 0.1) is 19.3 Å². The van der Waals surface area contributed by atoms with Crippen molar-refractivity contribution < 1.29 is 4.52 Å². The van der Waals surface area contributed by atoms with Crippen molar-refractivity contribution in [2.45, 2.75) is 59.3 Å². The Morgan fingerprint density at radius 1 is 1.36 bits per heavy atom. The molecule has 1 atom stereocenters. The van der Waals surface area contributed by atoms with Crippen LogP contribution in [0.15, 0.2) is 9.52 Å². The highest BCUT2D eigenvalue weighted by molar-refractivity contribution is 5.79. The van der Waals surface area contributed by atoms with Crippen LogP contribution in [-0.4, -0.2) is 31.3 Å². The third-order valence-corrected chi connectivity index (χ3v) is 5.18. The number of hydrogen-bond acceptors (Lipinski definition) is 3. The van der Waals surface area contributed by atoms with Gasteiger partial charge < -0.3 is 15.2 Å². The van der Waals surface area contributed by atoms with E-state index in [0.29, 0.717) is 11.3 Å². The monoisotopic (exact) mass is 306 g/mol. The highest BCUT2D eigenvalue weighted by Gasteiger charge is 2.34. The average Bonchev–Trinajstić information content (AvgIpc) is 2.80. The molecule has 2 N–H and O–H groups in total. The largest absolute Gasteiger partial charge is 0.361 e. The summed E-state index contributed by atoms with van der Waals surface area (Å²) in [5, 5.41) is 11.0. The molecule has 1 unspecified atom stereocenters. The van der Waals surface area contributed by atoms with Crippen molar-refractivity contribution in [3.05, 3.63) is 17.0 Å². The van der Waals surface area contributed by atoms with Crippen molar-refractivity contribution in [3.8, 4) is 0 Å². The first kappa shape index (κ1) is 16.8. The molecule has 1 saturated carbocycles. The van der Waals surface area contributed by atoms with Crippen LogP contribution in [0.5, 0.6) is 0 Å². The lowest BCUT2D eigenvalue weighted by Crippen LogP contribution is -2.46. The predicted octanol–water partition coefficient (Wildman–Crippen LogP) is 3.14. The van der Waals surface area contributed by atoms with Gasteiger partial charge in [-0.1, -0.05) is 25.4 Å². The van der Waals surface area contributed by atoms with Crippen LogP contribution in [0.25, 0.3) is 0 Å². The Morgan fingerprint density at radius 3 is 2.55 bits per heavy atom. The first-order valence-electron chi connectivity index (χ1n) is 8.38. The number of guanidine groups is 1. The maximum atomic E-state index is 5.25. The SMILES string of the molecule is CCC1(CNC(=NC)NCC(C)c2c(C)noc2C)CCC1. The van der Waals surface area contributed by atoms with E-state index in [0.717, 1.165) is 30.5 Å². The number of hydrogen-bond donors (Lipinski definition) is 2. The molecule has 0 aromatic carbocycles. The smallest absolute Gasteiger partial charge is 0.191 e. The number of nitrogens with zero attached hydrogens (tertiary/aromatic N) is 2. The lowest BCUT2D eigenvalue weighted by atomic mass is 9.67. The molecule has 1 fully saturated rings. The highest BCUT2D eigenvalue weighted by atomic mass is 16.5. The summed E-state index contributed by atoms with van der Waals surface area (Å²) in [4.78, 5) is 4.34. The van der Waals surface area contributed by atoms with Crippen molar-refractivity contribution in [1.82, 2.24) is 15.8 Å². The predicted molar refractivity (Wildman–Crippen MR) is 90.3 cm³/mol. The molecule has 0 aliphatic heterocycles. The van der Waals surface area contributed by atoms with Gasteiger partial charge in [-0.15, -0.1) is 0 Å². The van der Waals surface area contributed by atoms with Gasteiger partial charge in [0.2, 0.25) is 0 Å². The standard InChI is InChI=1S/C17H30N4O/c1-6-17(8-7-9-17)11-20-16(18-5)19-10-12(2)15-13(3)21-22-14(15)4/h12H,6-11H2,1-5H3,(H2,18,19,20). The van der Waals surface area contributed by atoms with Gasteiger partial charge in [0.15, 0.2) is 5.96 Å². The molecule has 5 heteroatoms. The Bertz CT molecular complexity index is 492. The number of aryl methyl sites for hydroxylation is 2. The minimum Gasteiger partial charge on any atom is -0.361 e. The average molecular weight is 306 g/mol. The molecule has 124 valence electrons. The Kier molecular flexibility index (Phi) is 5.48. The summed E-state index contributed by atoms with van der Waals surface area (Å²) in [6, 6.07) is 0. The summed E-state index contributed by atoms with van der Waals surface area (Å²) in [6.07, 6.45) is 5.28. The van der Waals surface area contributed by atoms with Gasteiger partial charge in [0.25, 0.3) is 0 Å². The van der Waals surface area contributed by atoms with Crippen LogP contribution < -0.4 is 10.6 Å². The molecular formula is C17H30N4O. The maximum absolute atomic E-state index is 5.25. The third-order valence-electron chi connectivity index (χ3n) is 5.18. The number of aromatic nitrogens is 1. The topological polar surface area (TPSA) is 62.5 Å². The van der Waals surface area contributed by atoms with Gasteiger partial charge in [-0.25, -0.2) is 0 Å². The molecule has 5 nitrogen and oxygen atoms in total. The second kappa shape index (κ2) is 7.16. The van der Waals surface area contributed by atoms with Crippen molar-refractivity contribution in [2.75, 3.05) is 20.1 Å². The molecule has 0 saturated heterocycles. The zero-order valence-electron chi connectivity index (χ0n) is 14.6. The Hall–Kier alpha value is -1.52. The zero-order valence-corrected chi connectivity index (χ0v) is 14.6. The lowest BCUT2D eigenvalue weighted by Gasteiger charge is -2.41. The van der Waals surface area contributed by atoms with Crippen molar-refractivity contribution >= 4 is 5.96 Å². The van der Waals surface area contributed by atoms with E-state index in [1.165, 1.54) is 31.2 Å². The fourth-order valence-corrected chi connectivity index (χ4v) is 3.37. The normalized spacial score (nSPS) is 18.7. The molecular weight excluding hydrogens is 276 g/mol. The van der Waals surface area contributed by atoms with Gasteiger partial charge in [-0.2, -0.15) is 0 Å². The molecule has 2 rings (SSSR count). The lowest BCUT2D eigenvalue weighted by molar-refractivity contribution is 0.131. The van der Waals surface area contributed by atoms with E-state index < -0.39 is 0 Å². The molecule has 1 aromatic heterocycles. The third kappa shape index (κ3) is 3.62. The molecule has 22 heavy (non-hydrogen) atoms. The van der Waals surface area contributed by atoms with Gasteiger partial charge >= 0.3 is 0 Å². The van der Waals surface area contributed by atoms with Crippen LogP contribution in [0.4, 0.5) is 0 Å².